The Labute approximate surface area is 146 Å². The van der Waals surface area contributed by atoms with Crippen molar-refractivity contribution < 1.29 is 0 Å². The van der Waals surface area contributed by atoms with Gasteiger partial charge in [0.1, 0.15) is 11.6 Å². The molecule has 1 unspecified atom stereocenters. The van der Waals surface area contributed by atoms with Gasteiger partial charge in [0, 0.05) is 23.9 Å². The number of amidine groups is 1. The molecule has 0 amide bonds. The van der Waals surface area contributed by atoms with E-state index in [1.807, 2.05) is 36.5 Å². The molecule has 1 aromatic heterocycles. The molecule has 1 aliphatic rings. The minimum absolute atomic E-state index is 0.0304. The molecule has 7 nitrogen and oxygen atoms in total. The number of rotatable bonds is 6. The van der Waals surface area contributed by atoms with E-state index in [4.69, 9.17) is 17.2 Å². The van der Waals surface area contributed by atoms with Crippen LogP contribution in [0.4, 0.5) is 0 Å². The van der Waals surface area contributed by atoms with E-state index in [1.54, 1.807) is 6.08 Å². The number of benzene rings is 1. The largest absolute Gasteiger partial charge is 0.365 e. The molecule has 0 aliphatic carbocycles. The van der Waals surface area contributed by atoms with Crippen LogP contribution in [0.1, 0.15) is 16.8 Å². The van der Waals surface area contributed by atoms with E-state index in [9.17, 15) is 0 Å². The van der Waals surface area contributed by atoms with Crippen molar-refractivity contribution in [3.63, 3.8) is 0 Å². The number of aromatic amines is 1. The third kappa shape index (κ3) is 3.85. The van der Waals surface area contributed by atoms with Crippen molar-refractivity contribution in [3.8, 4) is 0 Å². The molecule has 8 N–H and O–H groups in total. The molecule has 2 aromatic rings. The molecule has 0 saturated heterocycles. The molecule has 0 saturated carbocycles. The van der Waals surface area contributed by atoms with Gasteiger partial charge in [0.25, 0.3) is 0 Å². The summed E-state index contributed by atoms with van der Waals surface area (Å²) in [5.74, 6) is -0.490. The number of hydrazone groups is 1. The Morgan fingerprint density at radius 1 is 1.20 bits per heavy atom. The Bertz CT molecular complexity index is 780. The van der Waals surface area contributed by atoms with E-state index in [0.717, 1.165) is 29.2 Å². The average molecular weight is 337 g/mol. The van der Waals surface area contributed by atoms with Crippen LogP contribution in [0.2, 0.25) is 0 Å². The zero-order chi connectivity index (χ0) is 17.9. The summed E-state index contributed by atoms with van der Waals surface area (Å²) < 4.78 is 0. The van der Waals surface area contributed by atoms with Gasteiger partial charge in [0.15, 0.2) is 0 Å². The summed E-state index contributed by atoms with van der Waals surface area (Å²) in [5.41, 5.74) is 23.9. The first-order valence-electron chi connectivity index (χ1n) is 8.07. The van der Waals surface area contributed by atoms with E-state index in [1.165, 1.54) is 0 Å². The van der Waals surface area contributed by atoms with Gasteiger partial charge < -0.3 is 4.98 Å². The van der Waals surface area contributed by atoms with Gasteiger partial charge >= 0.3 is 0 Å². The predicted octanol–water partition coefficient (Wildman–Crippen LogP) is 0.752. The van der Waals surface area contributed by atoms with Crippen LogP contribution in [0, 0.1) is 5.92 Å². The summed E-state index contributed by atoms with van der Waals surface area (Å²) in [5, 5.41) is 4.49. The van der Waals surface area contributed by atoms with Gasteiger partial charge in [-0.3, -0.25) is 27.6 Å². The lowest BCUT2D eigenvalue weighted by Crippen LogP contribution is -2.54. The van der Waals surface area contributed by atoms with E-state index in [-0.39, 0.29) is 5.92 Å². The van der Waals surface area contributed by atoms with Crippen LogP contribution in [0.15, 0.2) is 65.3 Å². The molecule has 1 aromatic carbocycles. The highest BCUT2D eigenvalue weighted by molar-refractivity contribution is 6.17. The van der Waals surface area contributed by atoms with E-state index < -0.39 is 5.79 Å². The summed E-state index contributed by atoms with van der Waals surface area (Å²) in [6, 6.07) is 11.5. The summed E-state index contributed by atoms with van der Waals surface area (Å²) in [6.45, 7) is 4.26. The number of aromatic nitrogens is 1. The normalized spacial score (nSPS) is 18.9. The molecule has 1 aliphatic heterocycles. The Balaban J connectivity index is 1.89. The maximum absolute atomic E-state index is 5.74. The van der Waals surface area contributed by atoms with Crippen molar-refractivity contribution in [2.45, 2.75) is 12.2 Å². The predicted molar refractivity (Wildman–Crippen MR) is 101 cm³/mol. The number of hydrogen-bond donors (Lipinski definition) is 5. The van der Waals surface area contributed by atoms with Crippen molar-refractivity contribution in [1.82, 2.24) is 10.4 Å². The zero-order valence-electron chi connectivity index (χ0n) is 13.9. The molecule has 1 atom stereocenters. The number of nitrogens with two attached hydrogens (primary N) is 3. The number of H-pyrrole nitrogens is 1. The maximum Gasteiger partial charge on any atom is 0.142 e. The monoisotopic (exact) mass is 337 g/mol. The number of aliphatic imine (C=N–C) groups is 1. The van der Waals surface area contributed by atoms with Crippen molar-refractivity contribution in [2.75, 3.05) is 6.54 Å². The van der Waals surface area contributed by atoms with Crippen LogP contribution in [0.25, 0.3) is 0 Å². The Morgan fingerprint density at radius 3 is 2.56 bits per heavy atom. The van der Waals surface area contributed by atoms with Crippen LogP contribution in [-0.4, -0.2) is 23.1 Å². The van der Waals surface area contributed by atoms with Crippen LogP contribution >= 0.6 is 0 Å². The number of nitrogens with zero attached hydrogens (tertiary/aromatic N) is 2. The lowest BCUT2D eigenvalue weighted by molar-refractivity contribution is 0.488. The highest BCUT2D eigenvalue weighted by atomic mass is 15.4. The molecule has 0 fully saturated rings. The van der Waals surface area contributed by atoms with Gasteiger partial charge in [0.05, 0.1) is 18.2 Å². The van der Waals surface area contributed by atoms with Gasteiger partial charge in [0.2, 0.25) is 0 Å². The Hall–Kier alpha value is -2.74. The van der Waals surface area contributed by atoms with Crippen LogP contribution in [0.3, 0.4) is 0 Å². The second kappa shape index (κ2) is 7.02. The van der Waals surface area contributed by atoms with Crippen LogP contribution in [0.5, 0.6) is 0 Å². The topological polar surface area (TPSA) is 131 Å². The second-order valence-electron chi connectivity index (χ2n) is 6.09. The lowest BCUT2D eigenvalue weighted by atomic mass is 9.91. The van der Waals surface area contributed by atoms with Crippen molar-refractivity contribution in [1.29, 1.82) is 0 Å². The molecule has 130 valence electrons. The molecule has 7 heteroatoms. The summed E-state index contributed by atoms with van der Waals surface area (Å²) >= 11 is 0. The molecule has 2 heterocycles. The summed E-state index contributed by atoms with van der Waals surface area (Å²) in [6.07, 6.45) is 4.44. The quantitative estimate of drug-likeness (QED) is 0.393. The molecular weight excluding hydrogens is 314 g/mol. The standard InChI is InChI=1S/C18H23N7/c1-2-9-23-17-15(11-14-4-3-10-22-14)16(24-25-17)12-5-7-13(8-6-12)18(19,20)21/h2-8,10,15,22H,1,9,11,19-21H2,(H,23,25). The first kappa shape index (κ1) is 17.1. The fourth-order valence-corrected chi connectivity index (χ4v) is 2.81. The van der Waals surface area contributed by atoms with E-state index in [0.29, 0.717) is 12.1 Å². The SMILES string of the molecule is C=CCN=C1NN=C(c2ccc(C(N)(N)N)cc2)C1Cc1ccc[nH]1. The fraction of sp³-hybridized carbons (Fsp3) is 0.222. The van der Waals surface area contributed by atoms with Crippen LogP contribution < -0.4 is 22.6 Å². The van der Waals surface area contributed by atoms with Gasteiger partial charge in [-0.05, 0) is 17.7 Å². The second-order valence-corrected chi connectivity index (χ2v) is 6.09. The summed E-state index contributed by atoms with van der Waals surface area (Å²) in [4.78, 5) is 7.77. The van der Waals surface area contributed by atoms with Gasteiger partial charge in [-0.1, -0.05) is 30.3 Å². The molecule has 0 spiro atoms. The molecule has 0 bridgehead atoms. The highest BCUT2D eigenvalue weighted by Crippen LogP contribution is 2.21. The highest BCUT2D eigenvalue weighted by Gasteiger charge is 2.29. The van der Waals surface area contributed by atoms with Crippen LogP contribution in [-0.2, 0) is 12.2 Å². The first-order chi connectivity index (χ1) is 12.0. The Kier molecular flexibility index (Phi) is 4.80. The van der Waals surface area contributed by atoms with Crippen molar-refractivity contribution in [3.05, 3.63) is 72.1 Å². The minimum Gasteiger partial charge on any atom is -0.365 e. The lowest BCUT2D eigenvalue weighted by Gasteiger charge is -2.19. The van der Waals surface area contributed by atoms with E-state index >= 15 is 0 Å². The number of nitrogens with one attached hydrogen (secondary N) is 2. The molecular formula is C18H23N7. The number of hydrogen-bond acceptors (Lipinski definition) is 5. The summed E-state index contributed by atoms with van der Waals surface area (Å²) in [7, 11) is 0. The van der Waals surface area contributed by atoms with Crippen molar-refractivity contribution in [2.24, 2.45) is 33.2 Å². The fourth-order valence-electron chi connectivity index (χ4n) is 2.81. The zero-order valence-corrected chi connectivity index (χ0v) is 13.9. The maximum atomic E-state index is 5.74. The molecule has 3 rings (SSSR count). The van der Waals surface area contributed by atoms with E-state index in [2.05, 4.69) is 33.1 Å². The minimum atomic E-state index is -1.35. The van der Waals surface area contributed by atoms with Gasteiger partial charge in [-0.2, -0.15) is 5.10 Å². The third-order valence-corrected chi connectivity index (χ3v) is 4.11. The third-order valence-electron chi connectivity index (χ3n) is 4.11. The van der Waals surface area contributed by atoms with Gasteiger partial charge in [-0.25, -0.2) is 0 Å². The first-order valence-corrected chi connectivity index (χ1v) is 8.07. The molecule has 25 heavy (non-hydrogen) atoms. The smallest absolute Gasteiger partial charge is 0.142 e. The molecule has 0 radical (unpaired) electrons. The average Bonchev–Trinajstić information content (AvgIpc) is 3.23. The van der Waals surface area contributed by atoms with Crippen molar-refractivity contribution >= 4 is 11.5 Å². The van der Waals surface area contributed by atoms with Gasteiger partial charge in [-0.15, -0.1) is 6.58 Å². The Morgan fingerprint density at radius 2 is 1.96 bits per heavy atom.